The van der Waals surface area contributed by atoms with Gasteiger partial charge in [0, 0.05) is 0 Å². The van der Waals surface area contributed by atoms with Crippen LogP contribution in [0.1, 0.15) is 59.8 Å². The lowest BCUT2D eigenvalue weighted by Crippen LogP contribution is -2.41. The lowest BCUT2D eigenvalue weighted by molar-refractivity contribution is -0.170. The first-order valence-corrected chi connectivity index (χ1v) is 7.47. The van der Waals surface area contributed by atoms with Crippen molar-refractivity contribution in [1.82, 2.24) is 0 Å². The number of carbonyl (C=O) groups is 2. The maximum Gasteiger partial charge on any atom is 0.323 e. The van der Waals surface area contributed by atoms with Gasteiger partial charge in [0.05, 0.1) is 14.2 Å². The Morgan fingerprint density at radius 2 is 1.30 bits per heavy atom. The van der Waals surface area contributed by atoms with Crippen LogP contribution in [0.15, 0.2) is 0 Å². The van der Waals surface area contributed by atoms with Gasteiger partial charge in [-0.3, -0.25) is 9.59 Å². The zero-order valence-electron chi connectivity index (χ0n) is 13.8. The normalized spacial score (nSPS) is 11.8. The molecule has 0 aliphatic rings. The van der Waals surface area contributed by atoms with E-state index in [1.807, 2.05) is 0 Å². The summed E-state index contributed by atoms with van der Waals surface area (Å²) < 4.78 is 9.78. The number of esters is 2. The molecule has 0 rings (SSSR count). The number of rotatable bonds is 9. The molecule has 0 amide bonds. The molecule has 0 unspecified atom stereocenters. The summed E-state index contributed by atoms with van der Waals surface area (Å²) in [4.78, 5) is 24.4. The van der Waals surface area contributed by atoms with Crippen molar-refractivity contribution in [2.75, 3.05) is 14.2 Å². The van der Waals surface area contributed by atoms with Crippen LogP contribution in [0.2, 0.25) is 0 Å². The van der Waals surface area contributed by atoms with Gasteiger partial charge in [0.15, 0.2) is 5.41 Å². The monoisotopic (exact) mass is 286 g/mol. The van der Waals surface area contributed by atoms with E-state index in [0.717, 1.165) is 19.3 Å². The van der Waals surface area contributed by atoms with E-state index in [2.05, 4.69) is 27.7 Å². The fourth-order valence-electron chi connectivity index (χ4n) is 2.35. The molecule has 0 atom stereocenters. The van der Waals surface area contributed by atoms with Crippen LogP contribution in [0, 0.1) is 17.3 Å². The largest absolute Gasteiger partial charge is 0.468 e. The van der Waals surface area contributed by atoms with Crippen LogP contribution in [0.4, 0.5) is 0 Å². The van der Waals surface area contributed by atoms with Gasteiger partial charge in [-0.05, 0) is 31.1 Å². The molecule has 0 saturated heterocycles. The Morgan fingerprint density at radius 3 is 1.65 bits per heavy atom. The van der Waals surface area contributed by atoms with Crippen LogP contribution >= 0.6 is 0 Å². The Kier molecular flexibility index (Phi) is 8.51. The van der Waals surface area contributed by atoms with E-state index < -0.39 is 17.4 Å². The third-order valence-electron chi connectivity index (χ3n) is 3.69. The quantitative estimate of drug-likeness (QED) is 0.480. The molecule has 0 spiro atoms. The average Bonchev–Trinajstić information content (AvgIpc) is 2.40. The highest BCUT2D eigenvalue weighted by atomic mass is 16.5. The number of hydrogen-bond acceptors (Lipinski definition) is 4. The first kappa shape index (κ1) is 18.9. The number of methoxy groups -OCH3 is 2. The lowest BCUT2D eigenvalue weighted by Gasteiger charge is -2.29. The van der Waals surface area contributed by atoms with Gasteiger partial charge in [0.25, 0.3) is 0 Å². The lowest BCUT2D eigenvalue weighted by atomic mass is 9.76. The minimum Gasteiger partial charge on any atom is -0.468 e. The van der Waals surface area contributed by atoms with Gasteiger partial charge in [0.2, 0.25) is 0 Å². The fourth-order valence-corrected chi connectivity index (χ4v) is 2.35. The van der Waals surface area contributed by atoms with Crippen molar-refractivity contribution in [1.29, 1.82) is 0 Å². The number of carbonyl (C=O) groups excluding carboxylic acids is 2. The molecule has 0 aromatic carbocycles. The minimum atomic E-state index is -1.14. The number of ether oxygens (including phenoxy) is 2. The van der Waals surface area contributed by atoms with Crippen LogP contribution in [0.3, 0.4) is 0 Å². The smallest absolute Gasteiger partial charge is 0.323 e. The molecule has 0 heterocycles. The van der Waals surface area contributed by atoms with E-state index in [9.17, 15) is 9.59 Å². The predicted octanol–water partition coefficient (Wildman–Crippen LogP) is 3.58. The molecule has 0 aliphatic heterocycles. The van der Waals surface area contributed by atoms with E-state index in [1.165, 1.54) is 14.2 Å². The molecule has 0 bridgehead atoms. The molecular formula is C16H30O4. The molecular weight excluding hydrogens is 256 g/mol. The van der Waals surface area contributed by atoms with Crippen molar-refractivity contribution < 1.29 is 19.1 Å². The summed E-state index contributed by atoms with van der Waals surface area (Å²) in [5, 5.41) is 0. The molecule has 0 fully saturated rings. The van der Waals surface area contributed by atoms with Gasteiger partial charge in [0.1, 0.15) is 0 Å². The van der Waals surface area contributed by atoms with Crippen LogP contribution in [0.25, 0.3) is 0 Å². The van der Waals surface area contributed by atoms with Crippen molar-refractivity contribution in [2.45, 2.75) is 59.8 Å². The molecule has 0 aromatic rings. The van der Waals surface area contributed by atoms with Gasteiger partial charge in [-0.15, -0.1) is 0 Å². The maximum atomic E-state index is 12.2. The van der Waals surface area contributed by atoms with Crippen molar-refractivity contribution in [3.8, 4) is 0 Å². The van der Waals surface area contributed by atoms with Crippen molar-refractivity contribution >= 4 is 11.9 Å². The zero-order chi connectivity index (χ0) is 15.8. The fraction of sp³-hybridized carbons (Fsp3) is 0.875. The summed E-state index contributed by atoms with van der Waals surface area (Å²) in [6.45, 7) is 8.42. The second kappa shape index (κ2) is 8.98. The Hall–Kier alpha value is -1.06. The summed E-state index contributed by atoms with van der Waals surface area (Å²) >= 11 is 0. The van der Waals surface area contributed by atoms with Gasteiger partial charge >= 0.3 is 11.9 Å². The predicted molar refractivity (Wildman–Crippen MR) is 79.2 cm³/mol. The standard InChI is InChI=1S/C16H30O4/c1-12(2)8-7-10-16(14(17)19-5,15(18)20-6)11-9-13(3)4/h12-13H,7-11H2,1-6H3. The van der Waals surface area contributed by atoms with Crippen LogP contribution in [-0.4, -0.2) is 26.2 Å². The van der Waals surface area contributed by atoms with Crippen LogP contribution in [0.5, 0.6) is 0 Å². The first-order chi connectivity index (χ1) is 9.30. The third kappa shape index (κ3) is 5.51. The van der Waals surface area contributed by atoms with E-state index in [4.69, 9.17) is 9.47 Å². The van der Waals surface area contributed by atoms with E-state index in [-0.39, 0.29) is 0 Å². The van der Waals surface area contributed by atoms with Gasteiger partial charge in [-0.2, -0.15) is 0 Å². The van der Waals surface area contributed by atoms with Crippen molar-refractivity contribution in [3.63, 3.8) is 0 Å². The molecule has 20 heavy (non-hydrogen) atoms. The third-order valence-corrected chi connectivity index (χ3v) is 3.69. The molecule has 0 aliphatic carbocycles. The molecule has 0 radical (unpaired) electrons. The summed E-state index contributed by atoms with van der Waals surface area (Å²) in [7, 11) is 2.66. The topological polar surface area (TPSA) is 52.6 Å². The summed E-state index contributed by atoms with van der Waals surface area (Å²) in [6.07, 6.45) is 3.59. The van der Waals surface area contributed by atoms with Crippen molar-refractivity contribution in [2.24, 2.45) is 17.3 Å². The second-order valence-electron chi connectivity index (χ2n) is 6.28. The van der Waals surface area contributed by atoms with Crippen LogP contribution < -0.4 is 0 Å². The van der Waals surface area contributed by atoms with Crippen molar-refractivity contribution in [3.05, 3.63) is 0 Å². The molecule has 4 nitrogen and oxygen atoms in total. The van der Waals surface area contributed by atoms with E-state index in [0.29, 0.717) is 24.7 Å². The Bertz CT molecular complexity index is 292. The summed E-state index contributed by atoms with van der Waals surface area (Å²) in [5.41, 5.74) is -1.14. The van der Waals surface area contributed by atoms with Gasteiger partial charge in [-0.1, -0.05) is 40.5 Å². The maximum absolute atomic E-state index is 12.2. The molecule has 118 valence electrons. The Labute approximate surface area is 123 Å². The van der Waals surface area contributed by atoms with E-state index in [1.54, 1.807) is 0 Å². The Morgan fingerprint density at radius 1 is 0.850 bits per heavy atom. The highest BCUT2D eigenvalue weighted by Crippen LogP contribution is 2.35. The highest BCUT2D eigenvalue weighted by Gasteiger charge is 2.47. The molecule has 0 aromatic heterocycles. The van der Waals surface area contributed by atoms with E-state index >= 15 is 0 Å². The first-order valence-electron chi connectivity index (χ1n) is 7.47. The van der Waals surface area contributed by atoms with Gasteiger partial charge in [-0.25, -0.2) is 0 Å². The summed E-state index contributed by atoms with van der Waals surface area (Å²) in [5.74, 6) is 0.0457. The zero-order valence-corrected chi connectivity index (χ0v) is 13.8. The Balaban J connectivity index is 5.10. The number of hydrogen-bond donors (Lipinski definition) is 0. The molecule has 0 N–H and O–H groups in total. The summed E-state index contributed by atoms with van der Waals surface area (Å²) in [6, 6.07) is 0. The SMILES string of the molecule is COC(=O)C(CCCC(C)C)(CCC(C)C)C(=O)OC. The molecule has 0 saturated carbocycles. The minimum absolute atomic E-state index is 0.425. The average molecular weight is 286 g/mol. The second-order valence-corrected chi connectivity index (χ2v) is 6.28. The van der Waals surface area contributed by atoms with Crippen LogP contribution in [-0.2, 0) is 19.1 Å². The molecule has 4 heteroatoms. The van der Waals surface area contributed by atoms with Gasteiger partial charge < -0.3 is 9.47 Å². The highest BCUT2D eigenvalue weighted by molar-refractivity contribution is 5.99.